The van der Waals surface area contributed by atoms with Crippen LogP contribution in [0.2, 0.25) is 0 Å². The molecule has 0 bridgehead atoms. The van der Waals surface area contributed by atoms with Crippen LogP contribution in [0, 0.1) is 13.8 Å². The molecule has 1 aliphatic rings. The minimum Gasteiger partial charge on any atom is -0.497 e. The normalized spacial score (nSPS) is 15.0. The maximum Gasteiger partial charge on any atom is 0.343 e. The molecule has 28 heavy (non-hydrogen) atoms. The molecule has 5 nitrogen and oxygen atoms in total. The van der Waals surface area contributed by atoms with E-state index in [1.165, 1.54) is 6.07 Å². The van der Waals surface area contributed by atoms with Gasteiger partial charge in [-0.05, 0) is 79.1 Å². The molecule has 2 heterocycles. The van der Waals surface area contributed by atoms with E-state index >= 15 is 0 Å². The van der Waals surface area contributed by atoms with Crippen molar-refractivity contribution in [2.24, 2.45) is 0 Å². The van der Waals surface area contributed by atoms with E-state index in [0.29, 0.717) is 22.5 Å². The average Bonchev–Trinajstić information content (AvgIpc) is 3.04. The van der Waals surface area contributed by atoms with E-state index in [0.717, 1.165) is 27.8 Å². The Labute approximate surface area is 161 Å². The van der Waals surface area contributed by atoms with E-state index in [1.807, 2.05) is 38.1 Å². The second-order valence-electron chi connectivity index (χ2n) is 6.68. The molecule has 4 rings (SSSR count). The van der Waals surface area contributed by atoms with Gasteiger partial charge in [0, 0.05) is 17.0 Å². The van der Waals surface area contributed by atoms with Crippen LogP contribution in [0.25, 0.3) is 22.8 Å². The van der Waals surface area contributed by atoms with Gasteiger partial charge in [0.05, 0.1) is 12.7 Å². The lowest BCUT2D eigenvalue weighted by atomic mass is 10.0. The first-order chi connectivity index (χ1) is 13.4. The van der Waals surface area contributed by atoms with Gasteiger partial charge in [-0.1, -0.05) is 0 Å². The fourth-order valence-electron chi connectivity index (χ4n) is 3.12. The van der Waals surface area contributed by atoms with Gasteiger partial charge >= 0.3 is 11.6 Å². The first-order valence-electron chi connectivity index (χ1n) is 8.80. The summed E-state index contributed by atoms with van der Waals surface area (Å²) in [5.74, 6) is 0.715. The van der Waals surface area contributed by atoms with Crippen LogP contribution in [0.4, 0.5) is 0 Å². The van der Waals surface area contributed by atoms with E-state index in [2.05, 4.69) is 0 Å². The molecule has 1 aliphatic heterocycles. The zero-order chi connectivity index (χ0) is 19.8. The van der Waals surface area contributed by atoms with Crippen LogP contribution in [-0.4, -0.2) is 13.1 Å². The fourth-order valence-corrected chi connectivity index (χ4v) is 3.12. The van der Waals surface area contributed by atoms with Crippen molar-refractivity contribution in [3.63, 3.8) is 0 Å². The largest absolute Gasteiger partial charge is 0.497 e. The van der Waals surface area contributed by atoms with Crippen molar-refractivity contribution in [2.75, 3.05) is 7.11 Å². The van der Waals surface area contributed by atoms with Crippen molar-refractivity contribution in [3.05, 3.63) is 86.8 Å². The highest BCUT2D eigenvalue weighted by atomic mass is 16.5. The zero-order valence-electron chi connectivity index (χ0n) is 15.7. The Morgan fingerprint density at radius 2 is 1.68 bits per heavy atom. The molecule has 0 saturated carbocycles. The molecular formula is C23H18O5. The molecular weight excluding hydrogens is 356 g/mol. The van der Waals surface area contributed by atoms with Crippen LogP contribution in [-0.2, 0) is 9.53 Å². The number of hydrogen-bond acceptors (Lipinski definition) is 5. The number of aryl methyl sites for hydroxylation is 2. The Morgan fingerprint density at radius 1 is 0.964 bits per heavy atom. The lowest BCUT2D eigenvalue weighted by Gasteiger charge is -2.05. The van der Waals surface area contributed by atoms with E-state index in [4.69, 9.17) is 13.9 Å². The molecule has 2 aromatic carbocycles. The van der Waals surface area contributed by atoms with Gasteiger partial charge in [-0.25, -0.2) is 9.59 Å². The third-order valence-corrected chi connectivity index (χ3v) is 4.80. The summed E-state index contributed by atoms with van der Waals surface area (Å²) in [4.78, 5) is 24.3. The standard InChI is InChI=1S/C23H18O5/c1-13-8-19-16(12-22(24)27-21(19)9-14(13)2)10-17-11-20(28-23(17)25)15-4-6-18(26-3)7-5-15/h4-12H,1-3H3/b17-10+. The maximum absolute atomic E-state index is 12.4. The summed E-state index contributed by atoms with van der Waals surface area (Å²) in [6.07, 6.45) is 3.33. The number of carbonyl (C=O) groups is 1. The number of fused-ring (bicyclic) bond motifs is 1. The maximum atomic E-state index is 12.4. The van der Waals surface area contributed by atoms with Gasteiger partial charge in [-0.15, -0.1) is 0 Å². The monoisotopic (exact) mass is 374 g/mol. The zero-order valence-corrected chi connectivity index (χ0v) is 15.7. The predicted octanol–water partition coefficient (Wildman–Crippen LogP) is 4.40. The van der Waals surface area contributed by atoms with Gasteiger partial charge in [-0.3, -0.25) is 0 Å². The van der Waals surface area contributed by atoms with E-state index in [-0.39, 0.29) is 0 Å². The van der Waals surface area contributed by atoms with Crippen molar-refractivity contribution in [1.29, 1.82) is 0 Å². The number of carbonyl (C=O) groups excluding carboxylic acids is 1. The van der Waals surface area contributed by atoms with Crippen LogP contribution < -0.4 is 10.4 Å². The van der Waals surface area contributed by atoms with Crippen LogP contribution >= 0.6 is 0 Å². The first kappa shape index (κ1) is 17.8. The molecule has 0 unspecified atom stereocenters. The number of benzene rings is 2. The second-order valence-corrected chi connectivity index (χ2v) is 6.68. The molecule has 0 saturated heterocycles. The fraction of sp³-hybridized carbons (Fsp3) is 0.130. The van der Waals surface area contributed by atoms with Crippen molar-refractivity contribution < 1.29 is 18.7 Å². The molecule has 3 aromatic rings. The Morgan fingerprint density at radius 3 is 2.39 bits per heavy atom. The van der Waals surface area contributed by atoms with Gasteiger partial charge < -0.3 is 13.9 Å². The number of ether oxygens (including phenoxy) is 2. The van der Waals surface area contributed by atoms with Gasteiger partial charge in [0.1, 0.15) is 17.1 Å². The molecule has 0 atom stereocenters. The van der Waals surface area contributed by atoms with E-state index < -0.39 is 11.6 Å². The molecule has 140 valence electrons. The Hall–Kier alpha value is -3.60. The first-order valence-corrected chi connectivity index (χ1v) is 8.80. The Bertz CT molecular complexity index is 1210. The highest BCUT2D eigenvalue weighted by Gasteiger charge is 2.22. The Balaban J connectivity index is 1.80. The number of hydrogen-bond donors (Lipinski definition) is 0. The van der Waals surface area contributed by atoms with Gasteiger partial charge in [0.25, 0.3) is 0 Å². The van der Waals surface area contributed by atoms with Crippen LogP contribution in [0.15, 0.2) is 63.3 Å². The van der Waals surface area contributed by atoms with Crippen molar-refractivity contribution in [2.45, 2.75) is 13.8 Å². The Kier molecular flexibility index (Phi) is 4.35. The molecule has 1 aromatic heterocycles. The lowest BCUT2D eigenvalue weighted by Crippen LogP contribution is -2.01. The summed E-state index contributed by atoms with van der Waals surface area (Å²) in [5, 5.41) is 0.772. The molecule has 0 aliphatic carbocycles. The third kappa shape index (κ3) is 3.22. The average molecular weight is 374 g/mol. The van der Waals surface area contributed by atoms with Crippen LogP contribution in [0.5, 0.6) is 5.75 Å². The summed E-state index contributed by atoms with van der Waals surface area (Å²) in [6.45, 7) is 3.94. The summed E-state index contributed by atoms with van der Waals surface area (Å²) >= 11 is 0. The summed E-state index contributed by atoms with van der Waals surface area (Å²) < 4.78 is 15.9. The minimum absolute atomic E-state index is 0.371. The lowest BCUT2D eigenvalue weighted by molar-refractivity contribution is -0.130. The highest BCUT2D eigenvalue weighted by molar-refractivity contribution is 6.06. The molecule has 0 amide bonds. The molecule has 0 N–H and O–H groups in total. The van der Waals surface area contributed by atoms with Crippen LogP contribution in [0.1, 0.15) is 22.3 Å². The van der Waals surface area contributed by atoms with E-state index in [1.54, 1.807) is 31.4 Å². The highest BCUT2D eigenvalue weighted by Crippen LogP contribution is 2.30. The summed E-state index contributed by atoms with van der Waals surface area (Å²) in [6, 6.07) is 12.4. The van der Waals surface area contributed by atoms with Crippen molar-refractivity contribution in [1.82, 2.24) is 0 Å². The number of cyclic esters (lactones) is 1. The minimum atomic E-state index is -0.465. The quantitative estimate of drug-likeness (QED) is 0.386. The van der Waals surface area contributed by atoms with Crippen LogP contribution in [0.3, 0.4) is 0 Å². The molecule has 5 heteroatoms. The molecule has 0 fully saturated rings. The van der Waals surface area contributed by atoms with Gasteiger partial charge in [0.15, 0.2) is 0 Å². The summed E-state index contributed by atoms with van der Waals surface area (Å²) in [7, 11) is 1.59. The molecule has 0 radical (unpaired) electrons. The van der Waals surface area contributed by atoms with E-state index in [9.17, 15) is 9.59 Å². The van der Waals surface area contributed by atoms with Crippen molar-refractivity contribution in [3.8, 4) is 5.75 Å². The van der Waals surface area contributed by atoms with Gasteiger partial charge in [-0.2, -0.15) is 0 Å². The summed E-state index contributed by atoms with van der Waals surface area (Å²) in [5.41, 5.74) is 3.89. The number of esters is 1. The predicted molar refractivity (Wildman–Crippen MR) is 107 cm³/mol. The van der Waals surface area contributed by atoms with Gasteiger partial charge in [0.2, 0.25) is 0 Å². The number of rotatable bonds is 3. The second kappa shape index (κ2) is 6.85. The molecule has 0 spiro atoms. The number of methoxy groups -OCH3 is 1. The topological polar surface area (TPSA) is 65.7 Å². The third-order valence-electron chi connectivity index (χ3n) is 4.80. The van der Waals surface area contributed by atoms with Crippen molar-refractivity contribution >= 4 is 28.8 Å². The SMILES string of the molecule is COc1ccc(C2=C/C(=C\c3cc(=O)oc4cc(C)c(C)cc34)C(=O)O2)cc1. The smallest absolute Gasteiger partial charge is 0.343 e.